The normalized spacial score (nSPS) is 23.2. The van der Waals surface area contributed by atoms with Gasteiger partial charge in [0.15, 0.2) is 0 Å². The van der Waals surface area contributed by atoms with Crippen molar-refractivity contribution in [2.75, 3.05) is 32.9 Å². The van der Waals surface area contributed by atoms with Gasteiger partial charge in [-0.2, -0.15) is 0 Å². The lowest BCUT2D eigenvalue weighted by molar-refractivity contribution is -0.0539. The Morgan fingerprint density at radius 1 is 0.864 bits per heavy atom. The lowest BCUT2D eigenvalue weighted by Crippen LogP contribution is -2.50. The fourth-order valence-electron chi connectivity index (χ4n) is 8.89. The van der Waals surface area contributed by atoms with Gasteiger partial charge in [0.05, 0.1) is 6.67 Å². The van der Waals surface area contributed by atoms with E-state index >= 15 is 0 Å². The minimum absolute atomic E-state index is 0.00269. The van der Waals surface area contributed by atoms with E-state index in [4.69, 9.17) is 9.16 Å². The summed E-state index contributed by atoms with van der Waals surface area (Å²) in [5.74, 6) is 0.289. The van der Waals surface area contributed by atoms with Gasteiger partial charge in [0, 0.05) is 44.3 Å². The van der Waals surface area contributed by atoms with Crippen LogP contribution in [0.2, 0.25) is 16.6 Å². The third kappa shape index (κ3) is 7.04. The van der Waals surface area contributed by atoms with E-state index in [1.807, 2.05) is 0 Å². The fourth-order valence-corrected chi connectivity index (χ4v) is 14.1. The predicted octanol–water partition coefficient (Wildman–Crippen LogP) is 10.0. The number of benzene rings is 2. The Kier molecular flexibility index (Phi) is 10.5. The van der Waals surface area contributed by atoms with Crippen LogP contribution >= 0.6 is 0 Å². The van der Waals surface area contributed by atoms with E-state index in [-0.39, 0.29) is 31.4 Å². The van der Waals surface area contributed by atoms with Gasteiger partial charge < -0.3 is 9.16 Å². The van der Waals surface area contributed by atoms with Crippen molar-refractivity contribution in [2.45, 2.75) is 109 Å². The molecule has 3 nitrogen and oxygen atoms in total. The quantitative estimate of drug-likeness (QED) is 0.218. The summed E-state index contributed by atoms with van der Waals surface area (Å²) in [7, 11) is -2.08. The van der Waals surface area contributed by atoms with Crippen LogP contribution in [-0.4, -0.2) is 52.1 Å². The molecule has 3 aliphatic rings. The van der Waals surface area contributed by atoms with Gasteiger partial charge >= 0.3 is 0 Å². The van der Waals surface area contributed by atoms with Crippen molar-refractivity contribution < 1.29 is 22.3 Å². The standard InChI is InChI=1S/C37H54F3NO2Si/c1-25(2)44(26(3)4,27(5)6)43-33-12-14-35-31(21-33)9-13-34(29-15-17-37(39,40)18-16-29)36(35)30-7-10-32(11-8-30)42-20-19-41-23-28(22-38)24-41/h7-8,10-12,14,21,25-29,34,36H,9,13,15-20,22-24H2,1-6H3/t34-,36+/m1/s1. The SMILES string of the molecule is CC(C)[Si](Oc1ccc2c(c1)CC[C@H](C1CCC(F)(F)CC1)[C@@H]2c1ccc(OCCN2CC(CF)C2)cc1)(C(C)C)C(C)C. The third-order valence-electron chi connectivity index (χ3n) is 11.2. The summed E-state index contributed by atoms with van der Waals surface area (Å²) in [5, 5.41) is 0. The van der Waals surface area contributed by atoms with Gasteiger partial charge in [-0.25, -0.2) is 8.78 Å². The Morgan fingerprint density at radius 3 is 2.07 bits per heavy atom. The molecule has 0 amide bonds. The summed E-state index contributed by atoms with van der Waals surface area (Å²) in [6.07, 6.45) is 3.16. The number of likely N-dealkylation sites (tertiary alicyclic amines) is 1. The Morgan fingerprint density at radius 2 is 1.48 bits per heavy atom. The number of ether oxygens (including phenoxy) is 1. The number of nitrogens with zero attached hydrogens (tertiary/aromatic N) is 1. The minimum Gasteiger partial charge on any atom is -0.543 e. The Hall–Kier alpha value is -1.99. The molecule has 0 radical (unpaired) electrons. The highest BCUT2D eigenvalue weighted by molar-refractivity contribution is 6.78. The first-order valence-corrected chi connectivity index (χ1v) is 19.3. The van der Waals surface area contributed by atoms with Gasteiger partial charge in [0.2, 0.25) is 5.92 Å². The molecule has 244 valence electrons. The van der Waals surface area contributed by atoms with Crippen LogP contribution in [0.25, 0.3) is 0 Å². The van der Waals surface area contributed by atoms with E-state index in [0.29, 0.717) is 47.9 Å². The van der Waals surface area contributed by atoms with Crippen LogP contribution in [0.3, 0.4) is 0 Å². The molecule has 2 atom stereocenters. The molecule has 0 bridgehead atoms. The number of alkyl halides is 3. The number of hydrogen-bond donors (Lipinski definition) is 0. The highest BCUT2D eigenvalue weighted by Crippen LogP contribution is 2.51. The third-order valence-corrected chi connectivity index (χ3v) is 17.2. The molecule has 1 aliphatic heterocycles. The molecule has 1 heterocycles. The van der Waals surface area contributed by atoms with E-state index in [1.54, 1.807) is 0 Å². The van der Waals surface area contributed by atoms with Crippen LogP contribution in [0.15, 0.2) is 42.5 Å². The molecule has 1 saturated heterocycles. The largest absolute Gasteiger partial charge is 0.543 e. The molecular weight excluding hydrogens is 575 g/mol. The van der Waals surface area contributed by atoms with Gasteiger partial charge in [0.1, 0.15) is 18.1 Å². The summed E-state index contributed by atoms with van der Waals surface area (Å²) >= 11 is 0. The number of aryl methyl sites for hydroxylation is 1. The molecule has 2 aromatic carbocycles. The average molecular weight is 630 g/mol. The molecule has 7 heteroatoms. The van der Waals surface area contributed by atoms with Crippen LogP contribution in [0.5, 0.6) is 11.5 Å². The number of rotatable bonds is 12. The maximum Gasteiger partial charge on any atom is 0.258 e. The van der Waals surface area contributed by atoms with E-state index < -0.39 is 14.2 Å². The molecule has 44 heavy (non-hydrogen) atoms. The van der Waals surface area contributed by atoms with Gasteiger partial charge in [-0.3, -0.25) is 9.29 Å². The summed E-state index contributed by atoms with van der Waals surface area (Å²) in [6.45, 7) is 16.7. The van der Waals surface area contributed by atoms with E-state index in [9.17, 15) is 13.2 Å². The molecular formula is C37H54F3NO2Si. The predicted molar refractivity (Wildman–Crippen MR) is 177 cm³/mol. The zero-order valence-corrected chi connectivity index (χ0v) is 28.8. The van der Waals surface area contributed by atoms with E-state index in [2.05, 4.69) is 88.9 Å². The average Bonchev–Trinajstić information content (AvgIpc) is 2.96. The molecule has 0 unspecified atom stereocenters. The molecule has 5 rings (SSSR count). The molecule has 1 saturated carbocycles. The summed E-state index contributed by atoms with van der Waals surface area (Å²) < 4.78 is 54.2. The van der Waals surface area contributed by atoms with Crippen LogP contribution in [0.1, 0.15) is 96.3 Å². The first-order chi connectivity index (χ1) is 20.9. The van der Waals surface area contributed by atoms with Crippen molar-refractivity contribution in [3.8, 4) is 11.5 Å². The lowest BCUT2D eigenvalue weighted by Gasteiger charge is -2.43. The number of halogens is 3. The number of hydrogen-bond acceptors (Lipinski definition) is 3. The monoisotopic (exact) mass is 629 g/mol. The van der Waals surface area contributed by atoms with Gasteiger partial charge in [-0.05, 0) is 95.1 Å². The van der Waals surface area contributed by atoms with Crippen LogP contribution in [-0.2, 0) is 6.42 Å². The molecule has 2 fully saturated rings. The number of fused-ring (bicyclic) bond motifs is 1. The highest BCUT2D eigenvalue weighted by Gasteiger charge is 2.47. The molecule has 0 aromatic heterocycles. The molecule has 2 aliphatic carbocycles. The Bertz CT molecular complexity index is 1200. The van der Waals surface area contributed by atoms with Crippen molar-refractivity contribution in [3.05, 3.63) is 59.2 Å². The van der Waals surface area contributed by atoms with Crippen LogP contribution in [0, 0.1) is 17.8 Å². The Labute approximate surface area is 265 Å². The van der Waals surface area contributed by atoms with E-state index in [1.165, 1.54) is 16.7 Å². The van der Waals surface area contributed by atoms with Gasteiger partial charge in [-0.1, -0.05) is 59.7 Å². The smallest absolute Gasteiger partial charge is 0.258 e. The molecule has 2 aromatic rings. The first kappa shape index (κ1) is 33.4. The second-order valence-corrected chi connectivity index (χ2v) is 20.2. The van der Waals surface area contributed by atoms with Crippen molar-refractivity contribution in [1.82, 2.24) is 4.90 Å². The van der Waals surface area contributed by atoms with Crippen molar-refractivity contribution in [2.24, 2.45) is 17.8 Å². The second-order valence-electron chi connectivity index (χ2n) is 14.9. The second kappa shape index (κ2) is 13.8. The fraction of sp³-hybridized carbons (Fsp3) is 0.676. The van der Waals surface area contributed by atoms with Crippen molar-refractivity contribution in [1.29, 1.82) is 0 Å². The zero-order valence-electron chi connectivity index (χ0n) is 27.8. The maximum atomic E-state index is 14.2. The van der Waals surface area contributed by atoms with Crippen molar-refractivity contribution in [3.63, 3.8) is 0 Å². The van der Waals surface area contributed by atoms with Gasteiger partial charge in [0.25, 0.3) is 8.32 Å². The lowest BCUT2D eigenvalue weighted by atomic mass is 9.64. The van der Waals surface area contributed by atoms with E-state index in [0.717, 1.165) is 44.0 Å². The van der Waals surface area contributed by atoms with Gasteiger partial charge in [-0.15, -0.1) is 0 Å². The molecule has 0 spiro atoms. The summed E-state index contributed by atoms with van der Waals surface area (Å²) in [4.78, 5) is 2.23. The highest BCUT2D eigenvalue weighted by atomic mass is 28.4. The zero-order chi connectivity index (χ0) is 31.6. The minimum atomic E-state index is -2.52. The molecule has 0 N–H and O–H groups in total. The Balaban J connectivity index is 1.38. The topological polar surface area (TPSA) is 21.7 Å². The van der Waals surface area contributed by atoms with Crippen LogP contribution < -0.4 is 9.16 Å². The maximum absolute atomic E-state index is 14.2. The summed E-state index contributed by atoms with van der Waals surface area (Å²) in [5.41, 5.74) is 5.39. The first-order valence-electron chi connectivity index (χ1n) is 17.1. The van der Waals surface area contributed by atoms with Crippen molar-refractivity contribution >= 4 is 8.32 Å². The van der Waals surface area contributed by atoms with Crippen LogP contribution in [0.4, 0.5) is 13.2 Å². The summed E-state index contributed by atoms with van der Waals surface area (Å²) in [6, 6.07) is 15.2.